The van der Waals surface area contributed by atoms with Crippen LogP contribution < -0.4 is 24.0 Å². The van der Waals surface area contributed by atoms with E-state index >= 15 is 0 Å². The van der Waals surface area contributed by atoms with Gasteiger partial charge in [-0.1, -0.05) is 23.9 Å². The fourth-order valence-corrected chi connectivity index (χ4v) is 1.43. The van der Waals surface area contributed by atoms with Gasteiger partial charge in [-0.05, 0) is 18.4 Å². The van der Waals surface area contributed by atoms with Crippen LogP contribution in [0, 0.1) is 0 Å². The Morgan fingerprint density at radius 1 is 1.33 bits per heavy atom. The first kappa shape index (κ1) is 9.85. The number of H-pyrrole nitrogens is 1. The molecule has 0 aliphatic rings. The number of para-hydroxylation sites is 2. The highest BCUT2D eigenvalue weighted by molar-refractivity contribution is 7.98. The molecule has 0 aliphatic heterocycles. The highest BCUT2D eigenvalue weighted by Crippen LogP contribution is 2.15. The number of nitrogens with zero attached hydrogens (tertiary/aromatic N) is 1. The van der Waals surface area contributed by atoms with Crippen molar-refractivity contribution in [3.63, 3.8) is 0 Å². The van der Waals surface area contributed by atoms with Gasteiger partial charge in [0.25, 0.3) is 0 Å². The van der Waals surface area contributed by atoms with E-state index in [1.54, 1.807) is 11.8 Å². The zero-order valence-corrected chi connectivity index (χ0v) is 9.52. The van der Waals surface area contributed by atoms with Crippen LogP contribution in [-0.2, 0) is 0 Å². The molecule has 12 heavy (non-hydrogen) atoms. The molecule has 0 spiro atoms. The van der Waals surface area contributed by atoms with E-state index < -0.39 is 0 Å². The second-order valence-electron chi connectivity index (χ2n) is 2.26. The van der Waals surface area contributed by atoms with Crippen LogP contribution in [0.2, 0.25) is 0 Å². The van der Waals surface area contributed by atoms with Crippen molar-refractivity contribution in [2.45, 2.75) is 5.16 Å². The minimum absolute atomic E-state index is 0. The summed E-state index contributed by atoms with van der Waals surface area (Å²) in [6.45, 7) is 0. The summed E-state index contributed by atoms with van der Waals surface area (Å²) in [5.41, 5.74) is 2.15. The van der Waals surface area contributed by atoms with Crippen LogP contribution in [0.5, 0.6) is 0 Å². The fraction of sp³-hybridized carbons (Fsp3) is 0.125. The molecule has 0 fully saturated rings. The number of rotatable bonds is 1. The van der Waals surface area contributed by atoms with Crippen molar-refractivity contribution in [3.05, 3.63) is 24.3 Å². The van der Waals surface area contributed by atoms with E-state index in [9.17, 15) is 0 Å². The van der Waals surface area contributed by atoms with Crippen LogP contribution in [0.3, 0.4) is 0 Å². The molecule has 64 valence electrons. The molecule has 2 rings (SSSR count). The van der Waals surface area contributed by atoms with Crippen molar-refractivity contribution in [3.8, 4) is 0 Å². The van der Waals surface area contributed by atoms with Crippen LogP contribution in [-0.4, -0.2) is 16.2 Å². The Morgan fingerprint density at radius 2 is 2.08 bits per heavy atom. The summed E-state index contributed by atoms with van der Waals surface area (Å²) in [4.78, 5) is 7.54. The van der Waals surface area contributed by atoms with E-state index in [1.807, 2.05) is 30.5 Å². The molecular weight excluding hydrogens is 283 g/mol. The van der Waals surface area contributed by atoms with E-state index in [0.29, 0.717) is 0 Å². The Balaban J connectivity index is 0.000000720. The first-order chi connectivity index (χ1) is 5.40. The highest BCUT2D eigenvalue weighted by Gasteiger charge is 1.97. The van der Waals surface area contributed by atoms with Gasteiger partial charge in [0.2, 0.25) is 0 Å². The molecule has 1 aromatic heterocycles. The lowest BCUT2D eigenvalue weighted by Crippen LogP contribution is -3.00. The zero-order valence-electron chi connectivity index (χ0n) is 6.54. The van der Waals surface area contributed by atoms with Crippen molar-refractivity contribution in [1.82, 2.24) is 9.97 Å². The van der Waals surface area contributed by atoms with E-state index in [4.69, 9.17) is 0 Å². The number of halogens is 1. The summed E-state index contributed by atoms with van der Waals surface area (Å²) in [7, 11) is 0. The monoisotopic (exact) mass is 291 g/mol. The van der Waals surface area contributed by atoms with Crippen molar-refractivity contribution in [1.29, 1.82) is 0 Å². The van der Waals surface area contributed by atoms with Crippen molar-refractivity contribution in [2.24, 2.45) is 0 Å². The summed E-state index contributed by atoms with van der Waals surface area (Å²) in [5, 5.41) is 0.978. The summed E-state index contributed by atoms with van der Waals surface area (Å²) in [5.74, 6) is 0. The van der Waals surface area contributed by atoms with Gasteiger partial charge in [0.05, 0.1) is 11.0 Å². The normalized spacial score (nSPS) is 9.75. The Bertz CT molecular complexity index is 339. The highest BCUT2D eigenvalue weighted by atomic mass is 127. The van der Waals surface area contributed by atoms with Gasteiger partial charge >= 0.3 is 0 Å². The summed E-state index contributed by atoms with van der Waals surface area (Å²) in [6, 6.07) is 8.03. The second kappa shape index (κ2) is 4.13. The maximum Gasteiger partial charge on any atom is 0.166 e. The van der Waals surface area contributed by atoms with Gasteiger partial charge in [0, 0.05) is 0 Å². The molecule has 0 saturated heterocycles. The minimum atomic E-state index is 0. The molecule has 4 heteroatoms. The number of aromatic nitrogens is 2. The van der Waals surface area contributed by atoms with Crippen LogP contribution in [0.15, 0.2) is 29.4 Å². The topological polar surface area (TPSA) is 28.7 Å². The summed E-state index contributed by atoms with van der Waals surface area (Å²) in [6.07, 6.45) is 2.01. The maximum atomic E-state index is 4.34. The second-order valence-corrected chi connectivity index (χ2v) is 3.06. The molecule has 2 nitrogen and oxygen atoms in total. The smallest absolute Gasteiger partial charge is 0.166 e. The third-order valence-corrected chi connectivity index (χ3v) is 2.14. The third kappa shape index (κ3) is 1.74. The maximum absolute atomic E-state index is 4.34. The average Bonchev–Trinajstić information content (AvgIpc) is 2.46. The molecule has 1 aromatic carbocycles. The van der Waals surface area contributed by atoms with Crippen LogP contribution in [0.25, 0.3) is 11.0 Å². The molecule has 1 N–H and O–H groups in total. The number of nitrogens with one attached hydrogen (secondary N) is 1. The van der Waals surface area contributed by atoms with E-state index in [2.05, 4.69) is 9.97 Å². The predicted octanol–water partition coefficient (Wildman–Crippen LogP) is -0.711. The molecule has 0 saturated carbocycles. The first-order valence-corrected chi connectivity index (χ1v) is 4.61. The molecular formula is C8H8IN2S-. The van der Waals surface area contributed by atoms with Crippen molar-refractivity contribution < 1.29 is 24.0 Å². The van der Waals surface area contributed by atoms with Crippen LogP contribution in [0.4, 0.5) is 0 Å². The van der Waals surface area contributed by atoms with Gasteiger partial charge in [-0.15, -0.1) is 0 Å². The molecule has 0 atom stereocenters. The zero-order chi connectivity index (χ0) is 7.68. The summed E-state index contributed by atoms with van der Waals surface area (Å²) < 4.78 is 0. The average molecular weight is 291 g/mol. The van der Waals surface area contributed by atoms with Crippen molar-refractivity contribution >= 4 is 22.8 Å². The van der Waals surface area contributed by atoms with E-state index in [0.717, 1.165) is 16.2 Å². The molecule has 1 heterocycles. The van der Waals surface area contributed by atoms with Gasteiger partial charge in [0.1, 0.15) is 0 Å². The van der Waals surface area contributed by atoms with Crippen LogP contribution in [0.1, 0.15) is 0 Å². The number of hydrogen-bond donors (Lipinski definition) is 1. The number of fused-ring (bicyclic) bond motifs is 1. The number of hydrogen-bond acceptors (Lipinski definition) is 2. The number of aromatic amines is 1. The lowest BCUT2D eigenvalue weighted by molar-refractivity contribution is -0.00000231. The van der Waals surface area contributed by atoms with Crippen molar-refractivity contribution in [2.75, 3.05) is 6.26 Å². The predicted molar refractivity (Wildman–Crippen MR) is 47.9 cm³/mol. The van der Waals surface area contributed by atoms with E-state index in [1.165, 1.54) is 0 Å². The number of imidazole rings is 1. The van der Waals surface area contributed by atoms with Crippen LogP contribution >= 0.6 is 11.8 Å². The molecule has 0 unspecified atom stereocenters. The Hall–Kier alpha value is -0.230. The Kier molecular flexibility index (Phi) is 3.39. The largest absolute Gasteiger partial charge is 1.00 e. The molecule has 0 radical (unpaired) electrons. The SMILES string of the molecule is CSc1nc2ccccc2[nH]1.[I-]. The Morgan fingerprint density at radius 3 is 2.75 bits per heavy atom. The molecule has 0 amide bonds. The number of benzene rings is 1. The molecule has 0 bridgehead atoms. The first-order valence-electron chi connectivity index (χ1n) is 3.39. The molecule has 2 aromatic rings. The summed E-state index contributed by atoms with van der Waals surface area (Å²) >= 11 is 1.63. The molecule has 0 aliphatic carbocycles. The Labute approximate surface area is 92.2 Å². The van der Waals surface area contributed by atoms with Gasteiger partial charge < -0.3 is 29.0 Å². The lowest BCUT2D eigenvalue weighted by Gasteiger charge is -1.81. The van der Waals surface area contributed by atoms with E-state index in [-0.39, 0.29) is 24.0 Å². The quantitative estimate of drug-likeness (QED) is 0.555. The number of thioether (sulfide) groups is 1. The lowest BCUT2D eigenvalue weighted by atomic mass is 10.3. The van der Waals surface area contributed by atoms with Gasteiger partial charge in [-0.3, -0.25) is 0 Å². The standard InChI is InChI=1S/C8H8N2S.HI/c1-11-8-9-6-4-2-3-5-7(6)10-8;/h2-5H,1H3,(H,9,10);1H/p-1. The fourth-order valence-electron chi connectivity index (χ4n) is 1.03. The van der Waals surface area contributed by atoms with Gasteiger partial charge in [-0.2, -0.15) is 0 Å². The third-order valence-electron chi connectivity index (χ3n) is 1.56. The minimum Gasteiger partial charge on any atom is -1.00 e. The van der Waals surface area contributed by atoms with Gasteiger partial charge in [-0.25, -0.2) is 4.98 Å². The van der Waals surface area contributed by atoms with Gasteiger partial charge in [0.15, 0.2) is 5.16 Å².